The summed E-state index contributed by atoms with van der Waals surface area (Å²) in [5, 5.41) is 12.5. The Morgan fingerprint density at radius 1 is 0.886 bits per heavy atom. The van der Waals surface area contributed by atoms with Gasteiger partial charge in [-0.1, -0.05) is 59.8 Å². The van der Waals surface area contributed by atoms with E-state index >= 15 is 0 Å². The highest BCUT2D eigenvalue weighted by Crippen LogP contribution is 2.27. The minimum atomic E-state index is -0.0875. The molecule has 35 heavy (non-hydrogen) atoms. The average Bonchev–Trinajstić information content (AvgIpc) is 3.23. The molecule has 1 aromatic heterocycles. The number of aromatic nitrogens is 3. The standard InChI is InChI=1S/C28H30N4O2S/c1-18-12-14-23(15-13-18)32-25(16-34-27-20(3)9-6-10-21(27)4)30-31-28(32)35-17-26(33)29-24-11-7-8-19(2)22(24)5/h6-15H,16-17H2,1-5H3,(H,29,33). The molecule has 0 aliphatic rings. The van der Waals surface area contributed by atoms with Crippen molar-refractivity contribution in [3.05, 3.63) is 94.3 Å². The number of nitrogens with one attached hydrogen (secondary N) is 1. The highest BCUT2D eigenvalue weighted by atomic mass is 32.2. The van der Waals surface area contributed by atoms with E-state index in [-0.39, 0.29) is 18.3 Å². The lowest BCUT2D eigenvalue weighted by atomic mass is 10.1. The van der Waals surface area contributed by atoms with Crippen molar-refractivity contribution in [1.29, 1.82) is 0 Å². The number of rotatable bonds is 8. The molecule has 4 rings (SSSR count). The molecule has 180 valence electrons. The monoisotopic (exact) mass is 486 g/mol. The van der Waals surface area contributed by atoms with Crippen LogP contribution in [0.5, 0.6) is 5.75 Å². The van der Waals surface area contributed by atoms with Gasteiger partial charge in [0.15, 0.2) is 11.0 Å². The predicted octanol–water partition coefficient (Wildman–Crippen LogP) is 6.12. The maximum Gasteiger partial charge on any atom is 0.234 e. The molecular weight excluding hydrogens is 456 g/mol. The fourth-order valence-corrected chi connectivity index (χ4v) is 4.58. The van der Waals surface area contributed by atoms with Gasteiger partial charge < -0.3 is 10.1 Å². The number of benzene rings is 3. The van der Waals surface area contributed by atoms with Crippen LogP contribution in [0.4, 0.5) is 5.69 Å². The molecule has 0 atom stereocenters. The van der Waals surface area contributed by atoms with Crippen LogP contribution in [0.1, 0.15) is 33.6 Å². The van der Waals surface area contributed by atoms with Crippen LogP contribution in [0.25, 0.3) is 5.69 Å². The molecule has 0 unspecified atom stereocenters. The van der Waals surface area contributed by atoms with E-state index in [1.165, 1.54) is 11.8 Å². The Balaban J connectivity index is 1.55. The number of para-hydroxylation sites is 1. The quantitative estimate of drug-likeness (QED) is 0.304. The number of carbonyl (C=O) groups is 1. The van der Waals surface area contributed by atoms with Gasteiger partial charge in [-0.15, -0.1) is 10.2 Å². The van der Waals surface area contributed by atoms with Gasteiger partial charge in [-0.05, 0) is 75.1 Å². The van der Waals surface area contributed by atoms with Crippen molar-refractivity contribution in [1.82, 2.24) is 14.8 Å². The first-order valence-corrected chi connectivity index (χ1v) is 12.5. The molecule has 3 aromatic carbocycles. The lowest BCUT2D eigenvalue weighted by Crippen LogP contribution is -2.15. The van der Waals surface area contributed by atoms with Crippen molar-refractivity contribution < 1.29 is 9.53 Å². The zero-order chi connectivity index (χ0) is 24.9. The normalized spacial score (nSPS) is 10.9. The molecule has 6 nitrogen and oxygen atoms in total. The van der Waals surface area contributed by atoms with Crippen LogP contribution in [0.2, 0.25) is 0 Å². The zero-order valence-electron chi connectivity index (χ0n) is 20.8. The number of thioether (sulfide) groups is 1. The summed E-state index contributed by atoms with van der Waals surface area (Å²) in [6.07, 6.45) is 0. The third kappa shape index (κ3) is 5.74. The number of hydrogen-bond acceptors (Lipinski definition) is 5. The van der Waals surface area contributed by atoms with E-state index in [2.05, 4.69) is 15.5 Å². The van der Waals surface area contributed by atoms with Gasteiger partial charge >= 0.3 is 0 Å². The van der Waals surface area contributed by atoms with Crippen LogP contribution >= 0.6 is 11.8 Å². The van der Waals surface area contributed by atoms with Gasteiger partial charge in [0, 0.05) is 11.4 Å². The minimum absolute atomic E-state index is 0.0875. The lowest BCUT2D eigenvalue weighted by Gasteiger charge is -2.14. The summed E-state index contributed by atoms with van der Waals surface area (Å²) in [5.74, 6) is 1.66. The van der Waals surface area contributed by atoms with E-state index in [0.29, 0.717) is 11.0 Å². The van der Waals surface area contributed by atoms with Gasteiger partial charge in [0.1, 0.15) is 12.4 Å². The van der Waals surface area contributed by atoms with Crippen molar-refractivity contribution in [2.45, 2.75) is 46.4 Å². The number of hydrogen-bond donors (Lipinski definition) is 1. The largest absolute Gasteiger partial charge is 0.485 e. The summed E-state index contributed by atoms with van der Waals surface area (Å²) in [6.45, 7) is 10.4. The molecule has 1 amide bonds. The molecule has 1 heterocycles. The number of aryl methyl sites for hydroxylation is 4. The maximum atomic E-state index is 12.7. The molecule has 0 aliphatic carbocycles. The second-order valence-corrected chi connectivity index (χ2v) is 9.61. The van der Waals surface area contributed by atoms with Gasteiger partial charge in [-0.2, -0.15) is 0 Å². The molecule has 0 radical (unpaired) electrons. The summed E-state index contributed by atoms with van der Waals surface area (Å²) in [5.41, 5.74) is 7.28. The summed E-state index contributed by atoms with van der Waals surface area (Å²) in [6, 6.07) is 20.1. The predicted molar refractivity (Wildman–Crippen MR) is 142 cm³/mol. The van der Waals surface area contributed by atoms with Gasteiger partial charge in [0.05, 0.1) is 5.75 Å². The van der Waals surface area contributed by atoms with Crippen LogP contribution < -0.4 is 10.1 Å². The first-order valence-electron chi connectivity index (χ1n) is 11.5. The van der Waals surface area contributed by atoms with Crippen molar-refractivity contribution >= 4 is 23.4 Å². The van der Waals surface area contributed by atoms with E-state index in [1.54, 1.807) is 0 Å². The second kappa shape index (κ2) is 10.8. The first kappa shape index (κ1) is 24.5. The molecule has 7 heteroatoms. The Hall–Kier alpha value is -3.58. The zero-order valence-corrected chi connectivity index (χ0v) is 21.6. The van der Waals surface area contributed by atoms with Crippen LogP contribution in [0.3, 0.4) is 0 Å². The number of anilines is 1. The van der Waals surface area contributed by atoms with Crippen molar-refractivity contribution in [3.63, 3.8) is 0 Å². The second-order valence-electron chi connectivity index (χ2n) is 8.66. The van der Waals surface area contributed by atoms with Gasteiger partial charge in [0.25, 0.3) is 0 Å². The van der Waals surface area contributed by atoms with Crippen LogP contribution in [0.15, 0.2) is 65.8 Å². The van der Waals surface area contributed by atoms with E-state index in [0.717, 1.165) is 44.9 Å². The fraction of sp³-hybridized carbons (Fsp3) is 0.250. The third-order valence-electron chi connectivity index (χ3n) is 5.96. The summed E-state index contributed by atoms with van der Waals surface area (Å²) in [7, 11) is 0. The van der Waals surface area contributed by atoms with Crippen molar-refractivity contribution in [2.24, 2.45) is 0 Å². The minimum Gasteiger partial charge on any atom is -0.485 e. The van der Waals surface area contributed by atoms with Crippen molar-refractivity contribution in [3.8, 4) is 11.4 Å². The van der Waals surface area contributed by atoms with Crippen LogP contribution in [-0.2, 0) is 11.4 Å². The maximum absolute atomic E-state index is 12.7. The molecular formula is C28H30N4O2S. The van der Waals surface area contributed by atoms with E-state index in [9.17, 15) is 4.79 Å². The smallest absolute Gasteiger partial charge is 0.234 e. The van der Waals surface area contributed by atoms with Crippen LogP contribution in [-0.4, -0.2) is 26.4 Å². The SMILES string of the molecule is Cc1ccc(-n2c(COc3c(C)cccc3C)nnc2SCC(=O)Nc2cccc(C)c2C)cc1. The van der Waals surface area contributed by atoms with E-state index in [4.69, 9.17) is 4.74 Å². The third-order valence-corrected chi connectivity index (χ3v) is 6.89. The van der Waals surface area contributed by atoms with E-state index in [1.807, 2.05) is 99.8 Å². The molecule has 1 N–H and O–H groups in total. The Morgan fingerprint density at radius 3 is 2.26 bits per heavy atom. The lowest BCUT2D eigenvalue weighted by molar-refractivity contribution is -0.113. The highest BCUT2D eigenvalue weighted by Gasteiger charge is 2.18. The topological polar surface area (TPSA) is 69.0 Å². The number of ether oxygens (including phenoxy) is 1. The number of amides is 1. The summed E-state index contributed by atoms with van der Waals surface area (Å²) < 4.78 is 8.13. The van der Waals surface area contributed by atoms with Crippen molar-refractivity contribution in [2.75, 3.05) is 11.1 Å². The van der Waals surface area contributed by atoms with E-state index < -0.39 is 0 Å². The first-order chi connectivity index (χ1) is 16.8. The summed E-state index contributed by atoms with van der Waals surface area (Å²) in [4.78, 5) is 12.7. The molecule has 4 aromatic rings. The molecule has 0 aliphatic heterocycles. The fourth-order valence-electron chi connectivity index (χ4n) is 3.81. The van der Waals surface area contributed by atoms with Crippen LogP contribution in [0, 0.1) is 34.6 Å². The average molecular weight is 487 g/mol. The Bertz CT molecular complexity index is 1330. The highest BCUT2D eigenvalue weighted by molar-refractivity contribution is 7.99. The summed E-state index contributed by atoms with van der Waals surface area (Å²) >= 11 is 1.35. The Morgan fingerprint density at radius 2 is 1.54 bits per heavy atom. The molecule has 0 bridgehead atoms. The molecule has 0 saturated carbocycles. The van der Waals surface area contributed by atoms with Gasteiger partial charge in [-0.25, -0.2) is 0 Å². The van der Waals surface area contributed by atoms with Gasteiger partial charge in [-0.3, -0.25) is 9.36 Å². The number of carbonyl (C=O) groups excluding carboxylic acids is 1. The Labute approximate surface area is 210 Å². The molecule has 0 saturated heterocycles. The van der Waals surface area contributed by atoms with Gasteiger partial charge in [0.2, 0.25) is 5.91 Å². The Kier molecular flexibility index (Phi) is 7.56. The molecule has 0 fully saturated rings. The molecule has 0 spiro atoms. The number of nitrogens with zero attached hydrogens (tertiary/aromatic N) is 3.